The lowest BCUT2D eigenvalue weighted by atomic mass is 10.1. The van der Waals surface area contributed by atoms with Crippen LogP contribution < -0.4 is 0 Å². The van der Waals surface area contributed by atoms with Gasteiger partial charge >= 0.3 is 5.97 Å². The van der Waals surface area contributed by atoms with Crippen LogP contribution in [-0.2, 0) is 13.5 Å². The predicted octanol–water partition coefficient (Wildman–Crippen LogP) is 2.31. The van der Waals surface area contributed by atoms with E-state index in [2.05, 4.69) is 23.9 Å². The van der Waals surface area contributed by atoms with Gasteiger partial charge in [-0.2, -0.15) is 5.10 Å². The van der Waals surface area contributed by atoms with Crippen molar-refractivity contribution in [3.63, 3.8) is 0 Å². The fraction of sp³-hybridized carbons (Fsp3) is 0.385. The maximum absolute atomic E-state index is 11.3. The van der Waals surface area contributed by atoms with Crippen LogP contribution in [0.25, 0.3) is 11.4 Å². The smallest absolute Gasteiger partial charge is 0.337 e. The Labute approximate surface area is 105 Å². The van der Waals surface area contributed by atoms with Crippen LogP contribution in [0.4, 0.5) is 0 Å². The number of nitrogens with zero attached hydrogens (tertiary/aromatic N) is 2. The first-order valence-corrected chi connectivity index (χ1v) is 5.92. The van der Waals surface area contributed by atoms with Crippen LogP contribution in [0, 0.1) is 5.92 Å². The van der Waals surface area contributed by atoms with Crippen molar-refractivity contribution in [3.05, 3.63) is 29.6 Å². The fourth-order valence-electron chi connectivity index (χ4n) is 2.05. The maximum atomic E-state index is 11.3. The van der Waals surface area contributed by atoms with E-state index in [4.69, 9.17) is 0 Å². The minimum Gasteiger partial charge on any atom is -0.478 e. The van der Waals surface area contributed by atoms with E-state index in [0.717, 1.165) is 17.8 Å². The number of H-pyrrole nitrogens is 1. The SMILES string of the molecule is CC(C)Cc1cc(C(=O)O)c(-c2ccnn2C)[nH]1. The van der Waals surface area contributed by atoms with Crippen LogP contribution in [0.15, 0.2) is 18.3 Å². The molecule has 0 saturated carbocycles. The molecule has 18 heavy (non-hydrogen) atoms. The number of carboxylic acid groups (broad SMARTS) is 1. The van der Waals surface area contributed by atoms with E-state index in [0.29, 0.717) is 17.2 Å². The van der Waals surface area contributed by atoms with E-state index >= 15 is 0 Å². The summed E-state index contributed by atoms with van der Waals surface area (Å²) in [5.74, 6) is -0.442. The molecule has 5 nitrogen and oxygen atoms in total. The zero-order valence-electron chi connectivity index (χ0n) is 10.8. The molecule has 2 aromatic rings. The van der Waals surface area contributed by atoms with Crippen LogP contribution in [0.2, 0.25) is 0 Å². The Balaban J connectivity index is 2.48. The van der Waals surface area contributed by atoms with Crippen molar-refractivity contribution in [2.45, 2.75) is 20.3 Å². The van der Waals surface area contributed by atoms with E-state index in [-0.39, 0.29) is 0 Å². The molecule has 2 heterocycles. The average Bonchev–Trinajstić information content (AvgIpc) is 2.83. The molecule has 0 atom stereocenters. The standard InChI is InChI=1S/C13H17N3O2/c1-8(2)6-9-7-10(13(17)18)12(15-9)11-4-5-14-16(11)3/h4-5,7-8,15H,6H2,1-3H3,(H,17,18). The quantitative estimate of drug-likeness (QED) is 0.871. The number of hydrogen-bond acceptors (Lipinski definition) is 2. The molecule has 0 fully saturated rings. The van der Waals surface area contributed by atoms with Gasteiger partial charge in [0.25, 0.3) is 0 Å². The summed E-state index contributed by atoms with van der Waals surface area (Å²) in [6, 6.07) is 3.52. The Hall–Kier alpha value is -2.04. The number of nitrogens with one attached hydrogen (secondary N) is 1. The lowest BCUT2D eigenvalue weighted by Gasteiger charge is -2.02. The predicted molar refractivity (Wildman–Crippen MR) is 68.5 cm³/mol. The van der Waals surface area contributed by atoms with Gasteiger partial charge in [-0.25, -0.2) is 4.79 Å². The highest BCUT2D eigenvalue weighted by atomic mass is 16.4. The van der Waals surface area contributed by atoms with Gasteiger partial charge in [0, 0.05) is 18.9 Å². The molecule has 2 rings (SSSR count). The Bertz CT molecular complexity index is 567. The number of aryl methyl sites for hydroxylation is 1. The highest BCUT2D eigenvalue weighted by Crippen LogP contribution is 2.24. The Morgan fingerprint density at radius 2 is 2.28 bits per heavy atom. The molecule has 0 radical (unpaired) electrons. The monoisotopic (exact) mass is 247 g/mol. The second kappa shape index (κ2) is 4.68. The van der Waals surface area contributed by atoms with Gasteiger partial charge < -0.3 is 10.1 Å². The maximum Gasteiger partial charge on any atom is 0.337 e. The minimum absolute atomic E-state index is 0.300. The summed E-state index contributed by atoms with van der Waals surface area (Å²) in [6.45, 7) is 4.20. The molecule has 0 bridgehead atoms. The molecule has 0 aliphatic carbocycles. The molecule has 2 aromatic heterocycles. The third kappa shape index (κ3) is 2.30. The van der Waals surface area contributed by atoms with Crippen molar-refractivity contribution >= 4 is 5.97 Å². The van der Waals surface area contributed by atoms with Crippen LogP contribution in [0.1, 0.15) is 29.9 Å². The average molecular weight is 247 g/mol. The summed E-state index contributed by atoms with van der Waals surface area (Å²) in [4.78, 5) is 14.5. The first kappa shape index (κ1) is 12.4. The van der Waals surface area contributed by atoms with Crippen molar-refractivity contribution in [1.82, 2.24) is 14.8 Å². The van der Waals surface area contributed by atoms with Crippen LogP contribution in [0.5, 0.6) is 0 Å². The molecule has 0 unspecified atom stereocenters. The number of aromatic carboxylic acids is 1. The van der Waals surface area contributed by atoms with E-state index in [1.807, 2.05) is 0 Å². The highest BCUT2D eigenvalue weighted by Gasteiger charge is 2.18. The Morgan fingerprint density at radius 1 is 1.56 bits per heavy atom. The largest absolute Gasteiger partial charge is 0.478 e. The van der Waals surface area contributed by atoms with Gasteiger partial charge in [0.1, 0.15) is 0 Å². The molecule has 0 saturated heterocycles. The lowest BCUT2D eigenvalue weighted by molar-refractivity contribution is 0.0698. The van der Waals surface area contributed by atoms with Crippen molar-refractivity contribution in [3.8, 4) is 11.4 Å². The van der Waals surface area contributed by atoms with Gasteiger partial charge in [-0.15, -0.1) is 0 Å². The van der Waals surface area contributed by atoms with Crippen molar-refractivity contribution in [2.24, 2.45) is 13.0 Å². The molecule has 2 N–H and O–H groups in total. The normalized spacial score (nSPS) is 11.1. The summed E-state index contributed by atoms with van der Waals surface area (Å²) < 4.78 is 1.66. The van der Waals surface area contributed by atoms with Gasteiger partial charge in [0.2, 0.25) is 0 Å². The first-order chi connectivity index (χ1) is 8.49. The molecule has 0 aromatic carbocycles. The molecular weight excluding hydrogens is 230 g/mol. The molecular formula is C13H17N3O2. The molecule has 0 aliphatic heterocycles. The van der Waals surface area contributed by atoms with E-state index < -0.39 is 5.97 Å². The van der Waals surface area contributed by atoms with Gasteiger partial charge in [-0.05, 0) is 24.5 Å². The lowest BCUT2D eigenvalue weighted by Crippen LogP contribution is -2.00. The summed E-state index contributed by atoms with van der Waals surface area (Å²) in [6.07, 6.45) is 2.49. The molecule has 0 aliphatic rings. The van der Waals surface area contributed by atoms with E-state index in [9.17, 15) is 9.90 Å². The van der Waals surface area contributed by atoms with E-state index in [1.54, 1.807) is 30.1 Å². The number of rotatable bonds is 4. The van der Waals surface area contributed by atoms with Gasteiger partial charge in [-0.1, -0.05) is 13.8 Å². The van der Waals surface area contributed by atoms with E-state index in [1.165, 1.54) is 0 Å². The van der Waals surface area contributed by atoms with Crippen molar-refractivity contribution in [2.75, 3.05) is 0 Å². The second-order valence-corrected chi connectivity index (χ2v) is 4.83. The number of aromatic amines is 1. The van der Waals surface area contributed by atoms with Crippen molar-refractivity contribution in [1.29, 1.82) is 0 Å². The third-order valence-electron chi connectivity index (χ3n) is 2.81. The first-order valence-electron chi connectivity index (χ1n) is 5.92. The van der Waals surface area contributed by atoms with Crippen LogP contribution in [-0.4, -0.2) is 25.8 Å². The second-order valence-electron chi connectivity index (χ2n) is 4.83. The topological polar surface area (TPSA) is 70.9 Å². The molecule has 5 heteroatoms. The highest BCUT2D eigenvalue weighted by molar-refractivity contribution is 5.95. The Morgan fingerprint density at radius 3 is 2.78 bits per heavy atom. The number of hydrogen-bond donors (Lipinski definition) is 2. The Kier molecular flexibility index (Phi) is 3.23. The zero-order chi connectivity index (χ0) is 13.3. The van der Waals surface area contributed by atoms with Crippen LogP contribution >= 0.6 is 0 Å². The summed E-state index contributed by atoms with van der Waals surface area (Å²) in [5, 5.41) is 13.3. The van der Waals surface area contributed by atoms with Gasteiger partial charge in [0.05, 0.1) is 17.0 Å². The summed E-state index contributed by atoms with van der Waals surface area (Å²) in [7, 11) is 1.80. The molecule has 96 valence electrons. The van der Waals surface area contributed by atoms with Crippen molar-refractivity contribution < 1.29 is 9.90 Å². The van der Waals surface area contributed by atoms with Gasteiger partial charge in [-0.3, -0.25) is 4.68 Å². The third-order valence-corrected chi connectivity index (χ3v) is 2.81. The molecule has 0 spiro atoms. The summed E-state index contributed by atoms with van der Waals surface area (Å²) >= 11 is 0. The zero-order valence-corrected chi connectivity index (χ0v) is 10.8. The fourth-order valence-corrected chi connectivity index (χ4v) is 2.05. The number of carboxylic acids is 1. The molecule has 0 amide bonds. The minimum atomic E-state index is -0.919. The number of aromatic nitrogens is 3. The van der Waals surface area contributed by atoms with Crippen LogP contribution in [0.3, 0.4) is 0 Å². The van der Waals surface area contributed by atoms with Gasteiger partial charge in [0.15, 0.2) is 0 Å². The summed E-state index contributed by atoms with van der Waals surface area (Å²) in [5.41, 5.74) is 2.65. The number of carbonyl (C=O) groups is 1.